The molecule has 0 aliphatic heterocycles. The Morgan fingerprint density at radius 1 is 1.08 bits per heavy atom. The summed E-state index contributed by atoms with van der Waals surface area (Å²) in [6.07, 6.45) is 1.29. The second-order valence-electron chi connectivity index (χ2n) is 4.83. The SMILES string of the molecule is Cc1ccc(NC(=O)C(=O)N/N=C\c2ccc(O)c(Cl)c2)cc1Cl. The number of phenols is 1. The van der Waals surface area contributed by atoms with Crippen LogP contribution in [0.2, 0.25) is 10.0 Å². The molecule has 0 fully saturated rings. The van der Waals surface area contributed by atoms with Crippen molar-refractivity contribution in [3.63, 3.8) is 0 Å². The summed E-state index contributed by atoms with van der Waals surface area (Å²) in [6, 6.07) is 9.30. The van der Waals surface area contributed by atoms with Gasteiger partial charge >= 0.3 is 11.8 Å². The van der Waals surface area contributed by atoms with Crippen molar-refractivity contribution in [3.05, 3.63) is 57.6 Å². The zero-order chi connectivity index (χ0) is 17.7. The lowest BCUT2D eigenvalue weighted by Gasteiger charge is -2.05. The van der Waals surface area contributed by atoms with Crippen molar-refractivity contribution in [2.24, 2.45) is 5.10 Å². The van der Waals surface area contributed by atoms with E-state index >= 15 is 0 Å². The van der Waals surface area contributed by atoms with E-state index in [9.17, 15) is 14.7 Å². The second kappa shape index (κ2) is 7.81. The number of carbonyl (C=O) groups is 2. The van der Waals surface area contributed by atoms with Crippen molar-refractivity contribution in [1.82, 2.24) is 5.43 Å². The Labute approximate surface area is 148 Å². The molecule has 0 aliphatic carbocycles. The summed E-state index contributed by atoms with van der Waals surface area (Å²) in [5.74, 6) is -1.88. The van der Waals surface area contributed by atoms with E-state index < -0.39 is 11.8 Å². The zero-order valence-electron chi connectivity index (χ0n) is 12.5. The molecule has 0 saturated heterocycles. The number of halogens is 2. The zero-order valence-corrected chi connectivity index (χ0v) is 14.0. The molecule has 0 bridgehead atoms. The normalized spacial score (nSPS) is 10.6. The van der Waals surface area contributed by atoms with Crippen LogP contribution < -0.4 is 10.7 Å². The Bertz CT molecular complexity index is 822. The number of anilines is 1. The number of carbonyl (C=O) groups excluding carboxylic acids is 2. The first kappa shape index (κ1) is 17.8. The minimum Gasteiger partial charge on any atom is -0.506 e. The Kier molecular flexibility index (Phi) is 5.78. The number of aromatic hydroxyl groups is 1. The van der Waals surface area contributed by atoms with Gasteiger partial charge in [-0.1, -0.05) is 29.3 Å². The minimum atomic E-state index is -0.937. The largest absolute Gasteiger partial charge is 0.506 e. The Morgan fingerprint density at radius 3 is 2.50 bits per heavy atom. The highest BCUT2D eigenvalue weighted by molar-refractivity contribution is 6.40. The van der Waals surface area contributed by atoms with E-state index in [0.717, 1.165) is 5.56 Å². The molecule has 6 nitrogen and oxygen atoms in total. The Morgan fingerprint density at radius 2 is 1.83 bits per heavy atom. The predicted molar refractivity (Wildman–Crippen MR) is 93.7 cm³/mol. The molecule has 2 rings (SSSR count). The van der Waals surface area contributed by atoms with Gasteiger partial charge in [-0.15, -0.1) is 0 Å². The standard InChI is InChI=1S/C16H13Cl2N3O3/c1-9-2-4-11(7-12(9)17)20-15(23)16(24)21-19-8-10-3-5-14(22)13(18)6-10/h2-8,22H,1H3,(H,20,23)(H,21,24)/b19-8-. The maximum atomic E-state index is 11.8. The van der Waals surface area contributed by atoms with Crippen LogP contribution in [0.4, 0.5) is 5.69 Å². The van der Waals surface area contributed by atoms with Gasteiger partial charge in [0.1, 0.15) is 5.75 Å². The van der Waals surface area contributed by atoms with Crippen LogP contribution in [0.5, 0.6) is 5.75 Å². The molecule has 0 heterocycles. The van der Waals surface area contributed by atoms with Gasteiger partial charge in [0.25, 0.3) is 0 Å². The molecular formula is C16H13Cl2N3O3. The lowest BCUT2D eigenvalue weighted by Crippen LogP contribution is -2.32. The summed E-state index contributed by atoms with van der Waals surface area (Å²) < 4.78 is 0. The molecule has 3 N–H and O–H groups in total. The molecule has 2 aromatic rings. The van der Waals surface area contributed by atoms with Crippen molar-refractivity contribution < 1.29 is 14.7 Å². The number of benzene rings is 2. The van der Waals surface area contributed by atoms with Gasteiger partial charge in [-0.25, -0.2) is 5.43 Å². The average Bonchev–Trinajstić information content (AvgIpc) is 2.54. The third-order valence-electron chi connectivity index (χ3n) is 2.99. The van der Waals surface area contributed by atoms with E-state index in [4.69, 9.17) is 23.2 Å². The van der Waals surface area contributed by atoms with Crippen molar-refractivity contribution in [2.75, 3.05) is 5.32 Å². The molecule has 0 aliphatic rings. The topological polar surface area (TPSA) is 90.8 Å². The van der Waals surface area contributed by atoms with Crippen LogP contribution in [0.1, 0.15) is 11.1 Å². The van der Waals surface area contributed by atoms with Crippen LogP contribution in [0, 0.1) is 6.92 Å². The van der Waals surface area contributed by atoms with Crippen molar-refractivity contribution >= 4 is 46.9 Å². The number of hydrazone groups is 1. The molecular weight excluding hydrogens is 353 g/mol. The molecule has 124 valence electrons. The number of hydrogen-bond acceptors (Lipinski definition) is 4. The Hall–Kier alpha value is -2.57. The summed E-state index contributed by atoms with van der Waals surface area (Å²) in [6.45, 7) is 1.82. The third kappa shape index (κ3) is 4.71. The van der Waals surface area contributed by atoms with Crippen LogP contribution in [0.3, 0.4) is 0 Å². The van der Waals surface area contributed by atoms with Gasteiger partial charge in [0.2, 0.25) is 0 Å². The van der Waals surface area contributed by atoms with Crippen molar-refractivity contribution in [2.45, 2.75) is 6.92 Å². The molecule has 2 aromatic carbocycles. The highest BCUT2D eigenvalue weighted by Crippen LogP contribution is 2.22. The first-order valence-electron chi connectivity index (χ1n) is 6.76. The summed E-state index contributed by atoms with van der Waals surface area (Å²) in [5.41, 5.74) is 3.90. The van der Waals surface area contributed by atoms with Gasteiger partial charge in [0.05, 0.1) is 11.2 Å². The van der Waals surface area contributed by atoms with Gasteiger partial charge in [0.15, 0.2) is 0 Å². The number of hydrogen-bond donors (Lipinski definition) is 3. The fourth-order valence-corrected chi connectivity index (χ4v) is 2.05. The van der Waals surface area contributed by atoms with E-state index in [1.165, 1.54) is 18.3 Å². The summed E-state index contributed by atoms with van der Waals surface area (Å²) in [5, 5.41) is 16.0. The maximum absolute atomic E-state index is 11.8. The van der Waals surface area contributed by atoms with Gasteiger partial charge in [-0.3, -0.25) is 9.59 Å². The van der Waals surface area contributed by atoms with Crippen LogP contribution >= 0.6 is 23.2 Å². The first-order valence-corrected chi connectivity index (χ1v) is 7.51. The molecule has 0 unspecified atom stereocenters. The maximum Gasteiger partial charge on any atom is 0.329 e. The quantitative estimate of drug-likeness (QED) is 0.443. The Balaban J connectivity index is 1.93. The van der Waals surface area contributed by atoms with Gasteiger partial charge in [-0.05, 0) is 48.4 Å². The molecule has 0 spiro atoms. The number of rotatable bonds is 3. The first-order chi connectivity index (χ1) is 11.4. The number of phenolic OH excluding ortho intramolecular Hbond substituents is 1. The fourth-order valence-electron chi connectivity index (χ4n) is 1.68. The molecule has 0 atom stereocenters. The van der Waals surface area contributed by atoms with Crippen molar-refractivity contribution in [1.29, 1.82) is 0 Å². The molecule has 8 heteroatoms. The van der Waals surface area contributed by atoms with Crippen LogP contribution in [-0.2, 0) is 9.59 Å². The second-order valence-corrected chi connectivity index (χ2v) is 5.64. The molecule has 2 amide bonds. The van der Waals surface area contributed by atoms with E-state index in [0.29, 0.717) is 16.3 Å². The summed E-state index contributed by atoms with van der Waals surface area (Å²) in [4.78, 5) is 23.4. The molecule has 0 saturated carbocycles. The predicted octanol–water partition coefficient (Wildman–Crippen LogP) is 3.10. The number of amides is 2. The molecule has 0 radical (unpaired) electrons. The van der Waals surface area contributed by atoms with Gasteiger partial charge in [-0.2, -0.15) is 5.10 Å². The number of aryl methyl sites for hydroxylation is 1. The van der Waals surface area contributed by atoms with Crippen LogP contribution in [0.25, 0.3) is 0 Å². The van der Waals surface area contributed by atoms with Crippen LogP contribution in [-0.4, -0.2) is 23.1 Å². The molecule has 0 aromatic heterocycles. The highest BCUT2D eigenvalue weighted by Gasteiger charge is 2.13. The summed E-state index contributed by atoms with van der Waals surface area (Å²) >= 11 is 11.7. The monoisotopic (exact) mass is 365 g/mol. The van der Waals surface area contributed by atoms with Gasteiger partial charge in [0, 0.05) is 10.7 Å². The highest BCUT2D eigenvalue weighted by atomic mass is 35.5. The number of nitrogens with one attached hydrogen (secondary N) is 2. The van der Waals surface area contributed by atoms with Gasteiger partial charge < -0.3 is 10.4 Å². The molecule has 24 heavy (non-hydrogen) atoms. The van der Waals surface area contributed by atoms with E-state index in [-0.39, 0.29) is 10.8 Å². The summed E-state index contributed by atoms with van der Waals surface area (Å²) in [7, 11) is 0. The lowest BCUT2D eigenvalue weighted by atomic mass is 10.2. The number of nitrogens with zero attached hydrogens (tertiary/aromatic N) is 1. The smallest absolute Gasteiger partial charge is 0.329 e. The van der Waals surface area contributed by atoms with Crippen molar-refractivity contribution in [3.8, 4) is 5.75 Å². The average molecular weight is 366 g/mol. The minimum absolute atomic E-state index is 0.0611. The van der Waals surface area contributed by atoms with E-state index in [1.54, 1.807) is 24.3 Å². The lowest BCUT2D eigenvalue weighted by molar-refractivity contribution is -0.136. The fraction of sp³-hybridized carbons (Fsp3) is 0.0625. The van der Waals surface area contributed by atoms with Crippen LogP contribution in [0.15, 0.2) is 41.5 Å². The van der Waals surface area contributed by atoms with E-state index in [2.05, 4.69) is 15.8 Å². The van der Waals surface area contributed by atoms with E-state index in [1.807, 2.05) is 6.92 Å². The third-order valence-corrected chi connectivity index (χ3v) is 3.70.